The minimum Gasteiger partial charge on any atom is -0.465 e. The van der Waals surface area contributed by atoms with E-state index in [0.717, 1.165) is 44.5 Å². The summed E-state index contributed by atoms with van der Waals surface area (Å²) in [7, 11) is 0. The molecule has 1 aliphatic heterocycles. The van der Waals surface area contributed by atoms with Gasteiger partial charge in [-0.15, -0.1) is 13.2 Å². The van der Waals surface area contributed by atoms with Gasteiger partial charge in [-0.25, -0.2) is 4.79 Å². The van der Waals surface area contributed by atoms with Gasteiger partial charge >= 0.3 is 12.5 Å². The molecule has 0 aliphatic carbocycles. The highest BCUT2D eigenvalue weighted by atomic mass is 19.4. The van der Waals surface area contributed by atoms with E-state index in [-0.39, 0.29) is 5.75 Å². The Bertz CT molecular complexity index is 558. The SMILES string of the molecule is O=C(O)NCCC1CCN(CCc2cccc(OC(F)(F)F)c2)CC1. The van der Waals surface area contributed by atoms with Gasteiger partial charge in [0.2, 0.25) is 0 Å². The number of amides is 1. The van der Waals surface area contributed by atoms with E-state index in [4.69, 9.17) is 5.11 Å². The number of ether oxygens (including phenoxy) is 1. The quantitative estimate of drug-likeness (QED) is 0.781. The second-order valence-electron chi connectivity index (χ2n) is 6.25. The van der Waals surface area contributed by atoms with Gasteiger partial charge in [-0.05, 0) is 62.4 Å². The minimum atomic E-state index is -4.67. The predicted molar refractivity (Wildman–Crippen MR) is 86.6 cm³/mol. The number of benzene rings is 1. The van der Waals surface area contributed by atoms with Gasteiger partial charge in [-0.1, -0.05) is 12.1 Å². The third kappa shape index (κ3) is 7.64. The van der Waals surface area contributed by atoms with Crippen molar-refractivity contribution in [1.29, 1.82) is 0 Å². The number of nitrogens with zero attached hydrogens (tertiary/aromatic N) is 1. The van der Waals surface area contributed by atoms with Crippen LogP contribution >= 0.6 is 0 Å². The first-order valence-electron chi connectivity index (χ1n) is 8.35. The van der Waals surface area contributed by atoms with Crippen molar-refractivity contribution in [2.24, 2.45) is 5.92 Å². The molecule has 0 saturated carbocycles. The molecule has 0 spiro atoms. The molecule has 0 radical (unpaired) electrons. The molecule has 1 aromatic rings. The summed E-state index contributed by atoms with van der Waals surface area (Å²) in [6.45, 7) is 3.12. The van der Waals surface area contributed by atoms with Crippen LogP contribution in [0.5, 0.6) is 5.75 Å². The van der Waals surface area contributed by atoms with Crippen LogP contribution in [0.4, 0.5) is 18.0 Å². The highest BCUT2D eigenvalue weighted by Crippen LogP contribution is 2.24. The largest absolute Gasteiger partial charge is 0.573 e. The molecule has 1 fully saturated rings. The van der Waals surface area contributed by atoms with Crippen LogP contribution < -0.4 is 10.1 Å². The smallest absolute Gasteiger partial charge is 0.465 e. The Balaban J connectivity index is 1.70. The van der Waals surface area contributed by atoms with Gasteiger partial charge in [-0.3, -0.25) is 0 Å². The first-order valence-corrected chi connectivity index (χ1v) is 8.35. The zero-order valence-corrected chi connectivity index (χ0v) is 13.9. The van der Waals surface area contributed by atoms with E-state index < -0.39 is 12.5 Å². The number of nitrogens with one attached hydrogen (secondary N) is 1. The topological polar surface area (TPSA) is 61.8 Å². The number of halogens is 3. The average Bonchev–Trinajstić information content (AvgIpc) is 2.52. The van der Waals surface area contributed by atoms with E-state index in [9.17, 15) is 18.0 Å². The summed E-state index contributed by atoms with van der Waals surface area (Å²) in [5.74, 6) is 0.334. The summed E-state index contributed by atoms with van der Waals surface area (Å²) in [4.78, 5) is 12.7. The normalized spacial score (nSPS) is 16.6. The molecule has 1 amide bonds. The van der Waals surface area contributed by atoms with Gasteiger partial charge < -0.3 is 20.1 Å². The maximum Gasteiger partial charge on any atom is 0.573 e. The Hall–Kier alpha value is -1.96. The lowest BCUT2D eigenvalue weighted by Gasteiger charge is -2.32. The maximum atomic E-state index is 12.3. The second-order valence-corrected chi connectivity index (χ2v) is 6.25. The molecule has 0 bridgehead atoms. The maximum absolute atomic E-state index is 12.3. The van der Waals surface area contributed by atoms with Crippen molar-refractivity contribution in [2.45, 2.75) is 32.0 Å². The number of alkyl halides is 3. The van der Waals surface area contributed by atoms with Crippen LogP contribution in [-0.4, -0.2) is 48.6 Å². The van der Waals surface area contributed by atoms with Crippen LogP contribution in [0.25, 0.3) is 0 Å². The van der Waals surface area contributed by atoms with Crippen molar-refractivity contribution in [1.82, 2.24) is 10.2 Å². The number of hydrogen-bond acceptors (Lipinski definition) is 3. The Morgan fingerprint density at radius 1 is 1.32 bits per heavy atom. The van der Waals surface area contributed by atoms with Crippen molar-refractivity contribution in [3.63, 3.8) is 0 Å². The lowest BCUT2D eigenvalue weighted by Crippen LogP contribution is -2.36. The molecular formula is C17H23F3N2O3. The summed E-state index contributed by atoms with van der Waals surface area (Å²) in [6.07, 6.45) is -2.13. The van der Waals surface area contributed by atoms with Gasteiger partial charge in [0.25, 0.3) is 0 Å². The van der Waals surface area contributed by atoms with E-state index >= 15 is 0 Å². The summed E-state index contributed by atoms with van der Waals surface area (Å²) < 4.78 is 40.7. The highest BCUT2D eigenvalue weighted by molar-refractivity contribution is 5.64. The summed E-state index contributed by atoms with van der Waals surface area (Å²) in [5.41, 5.74) is 0.814. The molecule has 0 aromatic heterocycles. The molecule has 0 unspecified atom stereocenters. The van der Waals surface area contributed by atoms with Crippen LogP contribution in [0.2, 0.25) is 0 Å². The zero-order chi connectivity index (χ0) is 18.3. The fraction of sp³-hybridized carbons (Fsp3) is 0.588. The monoisotopic (exact) mass is 360 g/mol. The molecule has 1 aliphatic rings. The summed E-state index contributed by atoms with van der Waals surface area (Å²) in [5, 5.41) is 10.9. The molecule has 1 aromatic carbocycles. The van der Waals surface area contributed by atoms with Gasteiger partial charge in [0, 0.05) is 13.1 Å². The molecule has 1 heterocycles. The minimum absolute atomic E-state index is 0.186. The van der Waals surface area contributed by atoms with Crippen molar-refractivity contribution in [2.75, 3.05) is 26.2 Å². The van der Waals surface area contributed by atoms with Gasteiger partial charge in [0.1, 0.15) is 5.75 Å². The van der Waals surface area contributed by atoms with Crippen molar-refractivity contribution >= 4 is 6.09 Å². The van der Waals surface area contributed by atoms with Crippen LogP contribution in [0.15, 0.2) is 24.3 Å². The van der Waals surface area contributed by atoms with Crippen LogP contribution in [0, 0.1) is 5.92 Å². The molecule has 8 heteroatoms. The van der Waals surface area contributed by atoms with E-state index in [0.29, 0.717) is 18.9 Å². The summed E-state index contributed by atoms with van der Waals surface area (Å²) in [6, 6.07) is 6.09. The Morgan fingerprint density at radius 2 is 2.04 bits per heavy atom. The number of likely N-dealkylation sites (tertiary alicyclic amines) is 1. The van der Waals surface area contributed by atoms with E-state index in [2.05, 4.69) is 15.0 Å². The molecule has 0 atom stereocenters. The van der Waals surface area contributed by atoms with Crippen molar-refractivity contribution in [3.05, 3.63) is 29.8 Å². The van der Waals surface area contributed by atoms with Crippen molar-refractivity contribution in [3.8, 4) is 5.75 Å². The summed E-state index contributed by atoms with van der Waals surface area (Å²) >= 11 is 0. The second kappa shape index (κ2) is 8.94. The number of piperidine rings is 1. The number of carboxylic acid groups (broad SMARTS) is 1. The molecule has 140 valence electrons. The van der Waals surface area contributed by atoms with Crippen LogP contribution in [0.1, 0.15) is 24.8 Å². The number of carbonyl (C=O) groups is 1. The molecular weight excluding hydrogens is 337 g/mol. The average molecular weight is 360 g/mol. The van der Waals surface area contributed by atoms with Crippen LogP contribution in [0.3, 0.4) is 0 Å². The lowest BCUT2D eigenvalue weighted by molar-refractivity contribution is -0.274. The van der Waals surface area contributed by atoms with Gasteiger partial charge in [0.05, 0.1) is 0 Å². The highest BCUT2D eigenvalue weighted by Gasteiger charge is 2.31. The first-order chi connectivity index (χ1) is 11.8. The fourth-order valence-electron chi connectivity index (χ4n) is 3.07. The Labute approximate surface area is 144 Å². The third-order valence-corrected chi connectivity index (χ3v) is 4.38. The Morgan fingerprint density at radius 3 is 2.68 bits per heavy atom. The molecule has 2 N–H and O–H groups in total. The van der Waals surface area contributed by atoms with Gasteiger partial charge in [-0.2, -0.15) is 0 Å². The standard InChI is InChI=1S/C17H23F3N2O3/c18-17(19,20)25-15-3-1-2-14(12-15)7-11-22-9-5-13(6-10-22)4-8-21-16(23)24/h1-3,12-13,21H,4-11H2,(H,23,24). The predicted octanol–water partition coefficient (Wildman–Crippen LogP) is 3.50. The molecule has 1 saturated heterocycles. The van der Waals surface area contributed by atoms with E-state index in [1.54, 1.807) is 12.1 Å². The number of rotatable bonds is 7. The first kappa shape index (κ1) is 19.4. The fourth-order valence-corrected chi connectivity index (χ4v) is 3.07. The van der Waals surface area contributed by atoms with Crippen molar-refractivity contribution < 1.29 is 27.8 Å². The zero-order valence-electron chi connectivity index (χ0n) is 13.9. The van der Waals surface area contributed by atoms with E-state index in [1.165, 1.54) is 12.1 Å². The Kier molecular flexibility index (Phi) is 6.92. The lowest BCUT2D eigenvalue weighted by atomic mass is 9.93. The molecule has 25 heavy (non-hydrogen) atoms. The number of hydrogen-bond donors (Lipinski definition) is 2. The van der Waals surface area contributed by atoms with E-state index in [1.807, 2.05) is 0 Å². The molecule has 2 rings (SSSR count). The van der Waals surface area contributed by atoms with Crippen LogP contribution in [-0.2, 0) is 6.42 Å². The third-order valence-electron chi connectivity index (χ3n) is 4.38. The van der Waals surface area contributed by atoms with Gasteiger partial charge in [0.15, 0.2) is 0 Å². The molecule has 5 nitrogen and oxygen atoms in total.